The SMILES string of the molecule is CCNc1ncccc1S(=O)(=O)NC(C)(C)CC(N)=O. The first-order valence-electron chi connectivity index (χ1n) is 6.19. The molecule has 20 heavy (non-hydrogen) atoms. The van der Waals surface area contributed by atoms with Gasteiger partial charge in [0.25, 0.3) is 0 Å². The second-order valence-corrected chi connectivity index (χ2v) is 6.66. The maximum Gasteiger partial charge on any atom is 0.244 e. The van der Waals surface area contributed by atoms with Gasteiger partial charge in [-0.05, 0) is 32.9 Å². The molecule has 0 aliphatic heterocycles. The monoisotopic (exact) mass is 300 g/mol. The molecule has 0 bridgehead atoms. The molecule has 1 aromatic heterocycles. The molecule has 0 fully saturated rings. The Morgan fingerprint density at radius 1 is 1.45 bits per heavy atom. The van der Waals surface area contributed by atoms with Gasteiger partial charge in [0.2, 0.25) is 15.9 Å². The average molecular weight is 300 g/mol. The van der Waals surface area contributed by atoms with Crippen LogP contribution in [0.4, 0.5) is 5.82 Å². The highest BCUT2D eigenvalue weighted by Crippen LogP contribution is 2.20. The Morgan fingerprint density at radius 3 is 2.65 bits per heavy atom. The molecule has 7 nitrogen and oxygen atoms in total. The van der Waals surface area contributed by atoms with Crippen LogP contribution < -0.4 is 15.8 Å². The number of rotatable bonds is 7. The second kappa shape index (κ2) is 6.19. The lowest BCUT2D eigenvalue weighted by Gasteiger charge is -2.24. The second-order valence-electron chi connectivity index (χ2n) is 5.01. The summed E-state index contributed by atoms with van der Waals surface area (Å²) in [5.41, 5.74) is 4.15. The van der Waals surface area contributed by atoms with Gasteiger partial charge in [-0.3, -0.25) is 4.79 Å². The van der Waals surface area contributed by atoms with Gasteiger partial charge in [-0.2, -0.15) is 0 Å². The lowest BCUT2D eigenvalue weighted by molar-refractivity contribution is -0.119. The van der Waals surface area contributed by atoms with E-state index >= 15 is 0 Å². The van der Waals surface area contributed by atoms with Crippen molar-refractivity contribution < 1.29 is 13.2 Å². The van der Waals surface area contributed by atoms with Gasteiger partial charge in [-0.1, -0.05) is 0 Å². The smallest absolute Gasteiger partial charge is 0.244 e. The van der Waals surface area contributed by atoms with Crippen LogP contribution in [0.15, 0.2) is 23.2 Å². The molecular weight excluding hydrogens is 280 g/mol. The molecule has 0 spiro atoms. The zero-order valence-electron chi connectivity index (χ0n) is 11.8. The standard InChI is InChI=1S/C12H20N4O3S/c1-4-14-11-9(6-5-7-15-11)20(18,19)16-12(2,3)8-10(13)17/h5-7,16H,4,8H2,1-3H3,(H2,13,17)(H,14,15). The number of nitrogens with two attached hydrogens (primary N) is 1. The van der Waals surface area contributed by atoms with Crippen molar-refractivity contribution in [1.29, 1.82) is 0 Å². The fourth-order valence-electron chi connectivity index (χ4n) is 1.80. The van der Waals surface area contributed by atoms with Crippen LogP contribution in [0.25, 0.3) is 0 Å². The van der Waals surface area contributed by atoms with E-state index in [1.165, 1.54) is 18.3 Å². The number of primary amides is 1. The Morgan fingerprint density at radius 2 is 2.10 bits per heavy atom. The van der Waals surface area contributed by atoms with Crippen molar-refractivity contribution in [3.05, 3.63) is 18.3 Å². The lowest BCUT2D eigenvalue weighted by Crippen LogP contribution is -2.46. The zero-order valence-corrected chi connectivity index (χ0v) is 12.6. The summed E-state index contributed by atoms with van der Waals surface area (Å²) in [4.78, 5) is 15.0. The minimum atomic E-state index is -3.80. The summed E-state index contributed by atoms with van der Waals surface area (Å²) >= 11 is 0. The number of nitrogens with one attached hydrogen (secondary N) is 2. The van der Waals surface area contributed by atoms with Gasteiger partial charge >= 0.3 is 0 Å². The molecule has 1 amide bonds. The van der Waals surface area contributed by atoms with Crippen LogP contribution in [0, 0.1) is 0 Å². The highest BCUT2D eigenvalue weighted by atomic mass is 32.2. The number of hydrogen-bond donors (Lipinski definition) is 3. The minimum Gasteiger partial charge on any atom is -0.370 e. The first kappa shape index (κ1) is 16.4. The van der Waals surface area contributed by atoms with E-state index < -0.39 is 21.5 Å². The van der Waals surface area contributed by atoms with Gasteiger partial charge in [0.1, 0.15) is 10.7 Å². The molecule has 0 radical (unpaired) electrons. The van der Waals surface area contributed by atoms with E-state index in [9.17, 15) is 13.2 Å². The highest BCUT2D eigenvalue weighted by Gasteiger charge is 2.29. The summed E-state index contributed by atoms with van der Waals surface area (Å²) in [5, 5.41) is 2.89. The van der Waals surface area contributed by atoms with Crippen LogP contribution in [0.3, 0.4) is 0 Å². The maximum absolute atomic E-state index is 12.4. The summed E-state index contributed by atoms with van der Waals surface area (Å²) in [6, 6.07) is 2.99. The van der Waals surface area contributed by atoms with Crippen LogP contribution in [-0.4, -0.2) is 31.4 Å². The summed E-state index contributed by atoms with van der Waals surface area (Å²) < 4.78 is 27.2. The molecule has 4 N–H and O–H groups in total. The number of hydrogen-bond acceptors (Lipinski definition) is 5. The van der Waals surface area contributed by atoms with E-state index in [0.29, 0.717) is 6.54 Å². The van der Waals surface area contributed by atoms with Gasteiger partial charge < -0.3 is 11.1 Å². The van der Waals surface area contributed by atoms with Crippen molar-refractivity contribution in [2.24, 2.45) is 5.73 Å². The topological polar surface area (TPSA) is 114 Å². The number of aromatic nitrogens is 1. The van der Waals surface area contributed by atoms with E-state index in [-0.39, 0.29) is 17.1 Å². The van der Waals surface area contributed by atoms with Crippen molar-refractivity contribution in [2.45, 2.75) is 37.6 Å². The van der Waals surface area contributed by atoms with Gasteiger partial charge in [-0.25, -0.2) is 18.1 Å². The van der Waals surface area contributed by atoms with Crippen LogP contribution in [-0.2, 0) is 14.8 Å². The first-order chi connectivity index (χ1) is 9.18. The van der Waals surface area contributed by atoms with Crippen molar-refractivity contribution in [1.82, 2.24) is 9.71 Å². The molecule has 8 heteroatoms. The quantitative estimate of drug-likeness (QED) is 0.676. The summed E-state index contributed by atoms with van der Waals surface area (Å²) in [6.45, 7) is 5.58. The van der Waals surface area contributed by atoms with Crippen LogP contribution in [0.1, 0.15) is 27.2 Å². The lowest BCUT2D eigenvalue weighted by atomic mass is 10.0. The normalized spacial score (nSPS) is 12.2. The predicted molar refractivity (Wildman–Crippen MR) is 76.6 cm³/mol. The number of amides is 1. The number of nitrogens with zero attached hydrogens (tertiary/aromatic N) is 1. The van der Waals surface area contributed by atoms with Crippen LogP contribution >= 0.6 is 0 Å². The Bertz CT molecular complexity index is 584. The Kier molecular flexibility index (Phi) is 5.07. The Labute approximate surface area is 119 Å². The van der Waals surface area contributed by atoms with Gasteiger partial charge in [0, 0.05) is 24.7 Å². The summed E-state index contributed by atoms with van der Waals surface area (Å²) in [5.74, 6) is -0.298. The van der Waals surface area contributed by atoms with Crippen molar-refractivity contribution >= 4 is 21.7 Å². The molecule has 0 aliphatic carbocycles. The van der Waals surface area contributed by atoms with E-state index in [0.717, 1.165) is 0 Å². The van der Waals surface area contributed by atoms with Gasteiger partial charge in [-0.15, -0.1) is 0 Å². The molecule has 0 saturated heterocycles. The molecule has 0 unspecified atom stereocenters. The van der Waals surface area contributed by atoms with Crippen molar-refractivity contribution in [3.63, 3.8) is 0 Å². The molecule has 0 saturated carbocycles. The molecule has 1 aromatic rings. The van der Waals surface area contributed by atoms with Crippen LogP contribution in [0.5, 0.6) is 0 Å². The van der Waals surface area contributed by atoms with E-state index in [1.807, 2.05) is 6.92 Å². The molecule has 0 atom stereocenters. The zero-order chi connectivity index (χ0) is 15.4. The number of carbonyl (C=O) groups excluding carboxylic acids is 1. The fraction of sp³-hybridized carbons (Fsp3) is 0.500. The van der Waals surface area contributed by atoms with Crippen LogP contribution in [0.2, 0.25) is 0 Å². The number of anilines is 1. The molecule has 1 heterocycles. The van der Waals surface area contributed by atoms with Crippen molar-refractivity contribution in [3.8, 4) is 0 Å². The Balaban J connectivity index is 3.08. The van der Waals surface area contributed by atoms with Gasteiger partial charge in [0.15, 0.2) is 0 Å². The largest absolute Gasteiger partial charge is 0.370 e. The number of sulfonamides is 1. The molecular formula is C12H20N4O3S. The third-order valence-corrected chi connectivity index (χ3v) is 4.16. The highest BCUT2D eigenvalue weighted by molar-refractivity contribution is 7.89. The van der Waals surface area contributed by atoms with Gasteiger partial charge in [0.05, 0.1) is 0 Å². The van der Waals surface area contributed by atoms with E-state index in [2.05, 4.69) is 15.0 Å². The number of pyridine rings is 1. The van der Waals surface area contributed by atoms with E-state index in [1.54, 1.807) is 13.8 Å². The summed E-state index contributed by atoms with van der Waals surface area (Å²) in [6.07, 6.45) is 1.41. The maximum atomic E-state index is 12.4. The minimum absolute atomic E-state index is 0.0411. The molecule has 112 valence electrons. The van der Waals surface area contributed by atoms with E-state index in [4.69, 9.17) is 5.73 Å². The third kappa shape index (κ3) is 4.46. The third-order valence-electron chi connectivity index (χ3n) is 2.43. The summed E-state index contributed by atoms with van der Waals surface area (Å²) in [7, 11) is -3.80. The predicted octanol–water partition coefficient (Wildman–Crippen LogP) is 0.446. The molecule has 1 rings (SSSR count). The number of carbonyl (C=O) groups is 1. The first-order valence-corrected chi connectivity index (χ1v) is 7.67. The Hall–Kier alpha value is -1.67. The molecule has 0 aliphatic rings. The fourth-order valence-corrected chi connectivity index (χ4v) is 3.34. The molecule has 0 aromatic carbocycles. The van der Waals surface area contributed by atoms with Crippen molar-refractivity contribution in [2.75, 3.05) is 11.9 Å². The average Bonchev–Trinajstić information content (AvgIpc) is 2.26.